The number of nitrogens with one attached hydrogen (secondary N) is 1. The minimum absolute atomic E-state index is 0.00745. The Bertz CT molecular complexity index is 913. The molecule has 1 atom stereocenters. The molecular weight excluding hydrogens is 400 g/mol. The van der Waals surface area contributed by atoms with E-state index in [1.54, 1.807) is 53.4 Å². The van der Waals surface area contributed by atoms with Gasteiger partial charge >= 0.3 is 5.97 Å². The molecule has 2 N–H and O–H groups in total. The quantitative estimate of drug-likeness (QED) is 0.572. The molecular formula is C23H26N2O6. The number of ether oxygens (including phenoxy) is 2. The number of para-hydroxylation sites is 2. The van der Waals surface area contributed by atoms with Crippen molar-refractivity contribution < 1.29 is 29.0 Å². The van der Waals surface area contributed by atoms with Crippen molar-refractivity contribution in [3.8, 4) is 11.5 Å². The van der Waals surface area contributed by atoms with Gasteiger partial charge in [-0.15, -0.1) is 0 Å². The molecule has 0 aliphatic heterocycles. The topological polar surface area (TPSA) is 105 Å². The van der Waals surface area contributed by atoms with E-state index in [-0.39, 0.29) is 31.5 Å². The van der Waals surface area contributed by atoms with Crippen molar-refractivity contribution in [2.75, 3.05) is 20.3 Å². The summed E-state index contributed by atoms with van der Waals surface area (Å²) in [5.41, 5.74) is 0.490. The highest BCUT2D eigenvalue weighted by atomic mass is 16.5. The second-order valence-corrected chi connectivity index (χ2v) is 7.26. The SMILES string of the molecule is COc1ccccc1OCC(=O)N(CCC(=O)NC(C(=O)O)c1ccccc1)C1CC1. The Morgan fingerprint density at radius 3 is 2.32 bits per heavy atom. The van der Waals surface area contributed by atoms with Gasteiger partial charge in [0.05, 0.1) is 7.11 Å². The van der Waals surface area contributed by atoms with Gasteiger partial charge in [0.2, 0.25) is 5.91 Å². The smallest absolute Gasteiger partial charge is 0.330 e. The lowest BCUT2D eigenvalue weighted by Crippen LogP contribution is -2.40. The van der Waals surface area contributed by atoms with Gasteiger partial charge in [0, 0.05) is 19.0 Å². The van der Waals surface area contributed by atoms with Crippen molar-refractivity contribution in [3.05, 3.63) is 60.2 Å². The number of carbonyl (C=O) groups is 3. The molecule has 164 valence electrons. The molecule has 0 bridgehead atoms. The van der Waals surface area contributed by atoms with Crippen molar-refractivity contribution in [1.82, 2.24) is 10.2 Å². The number of aliphatic carboxylic acids is 1. The highest BCUT2D eigenvalue weighted by Gasteiger charge is 2.33. The number of hydrogen-bond acceptors (Lipinski definition) is 5. The molecule has 3 rings (SSSR count). The summed E-state index contributed by atoms with van der Waals surface area (Å²) in [6.07, 6.45) is 1.76. The number of nitrogens with zero attached hydrogens (tertiary/aromatic N) is 1. The second kappa shape index (κ2) is 10.5. The first-order chi connectivity index (χ1) is 15.0. The summed E-state index contributed by atoms with van der Waals surface area (Å²) >= 11 is 0. The van der Waals surface area contributed by atoms with Crippen LogP contribution in [0.2, 0.25) is 0 Å². The number of rotatable bonds is 11. The van der Waals surface area contributed by atoms with Crippen LogP contribution in [0.15, 0.2) is 54.6 Å². The highest BCUT2D eigenvalue weighted by molar-refractivity contribution is 5.85. The molecule has 8 heteroatoms. The van der Waals surface area contributed by atoms with Crippen molar-refractivity contribution in [2.24, 2.45) is 0 Å². The van der Waals surface area contributed by atoms with Crippen LogP contribution in [0, 0.1) is 0 Å². The lowest BCUT2D eigenvalue weighted by molar-refractivity contribution is -0.142. The van der Waals surface area contributed by atoms with Crippen LogP contribution in [0.3, 0.4) is 0 Å². The molecule has 31 heavy (non-hydrogen) atoms. The van der Waals surface area contributed by atoms with Crippen LogP contribution in [0.25, 0.3) is 0 Å². The van der Waals surface area contributed by atoms with E-state index in [2.05, 4.69) is 5.32 Å². The van der Waals surface area contributed by atoms with Crippen LogP contribution >= 0.6 is 0 Å². The molecule has 1 saturated carbocycles. The number of carbonyl (C=O) groups excluding carboxylic acids is 2. The third kappa shape index (κ3) is 6.21. The average Bonchev–Trinajstić information content (AvgIpc) is 3.62. The Balaban J connectivity index is 1.54. The first kappa shape index (κ1) is 22.1. The zero-order valence-corrected chi connectivity index (χ0v) is 17.3. The summed E-state index contributed by atoms with van der Waals surface area (Å²) in [5, 5.41) is 12.0. The Morgan fingerprint density at radius 1 is 1.06 bits per heavy atom. The molecule has 0 radical (unpaired) electrons. The van der Waals surface area contributed by atoms with Gasteiger partial charge in [0.15, 0.2) is 24.1 Å². The van der Waals surface area contributed by atoms with Gasteiger partial charge in [-0.05, 0) is 30.5 Å². The van der Waals surface area contributed by atoms with Gasteiger partial charge in [-0.2, -0.15) is 0 Å². The molecule has 0 spiro atoms. The summed E-state index contributed by atoms with van der Waals surface area (Å²) in [4.78, 5) is 38.3. The largest absolute Gasteiger partial charge is 0.493 e. The van der Waals surface area contributed by atoms with Crippen molar-refractivity contribution in [2.45, 2.75) is 31.3 Å². The predicted molar refractivity (Wildman–Crippen MR) is 113 cm³/mol. The molecule has 1 aliphatic rings. The monoisotopic (exact) mass is 426 g/mol. The molecule has 1 aliphatic carbocycles. The maximum atomic E-state index is 12.7. The van der Waals surface area contributed by atoms with E-state index in [9.17, 15) is 19.5 Å². The van der Waals surface area contributed by atoms with Crippen LogP contribution < -0.4 is 14.8 Å². The standard InChI is InChI=1S/C23H26N2O6/c1-30-18-9-5-6-10-19(18)31-15-21(27)25(17-11-12-17)14-13-20(26)24-22(23(28)29)16-7-3-2-4-8-16/h2-10,17,22H,11-15H2,1H3,(H,24,26)(H,28,29). The fourth-order valence-corrected chi connectivity index (χ4v) is 3.25. The van der Waals surface area contributed by atoms with Crippen LogP contribution in [0.5, 0.6) is 11.5 Å². The van der Waals surface area contributed by atoms with E-state index in [4.69, 9.17) is 9.47 Å². The predicted octanol–water partition coefficient (Wildman–Crippen LogP) is 2.40. The van der Waals surface area contributed by atoms with E-state index in [0.29, 0.717) is 17.1 Å². The molecule has 1 fully saturated rings. The zero-order valence-electron chi connectivity index (χ0n) is 17.3. The Labute approximate surface area is 180 Å². The third-order valence-electron chi connectivity index (χ3n) is 4.99. The number of hydrogen-bond donors (Lipinski definition) is 2. The van der Waals surface area contributed by atoms with Crippen molar-refractivity contribution >= 4 is 17.8 Å². The molecule has 2 aromatic carbocycles. The molecule has 1 unspecified atom stereocenters. The second-order valence-electron chi connectivity index (χ2n) is 7.26. The maximum Gasteiger partial charge on any atom is 0.330 e. The van der Waals surface area contributed by atoms with Gasteiger partial charge in [-0.1, -0.05) is 42.5 Å². The lowest BCUT2D eigenvalue weighted by atomic mass is 10.1. The Morgan fingerprint density at radius 2 is 1.71 bits per heavy atom. The van der Waals surface area contributed by atoms with E-state index >= 15 is 0 Å². The summed E-state index contributed by atoms with van der Waals surface area (Å²) in [5.74, 6) is -0.786. The molecule has 0 saturated heterocycles. The minimum atomic E-state index is -1.14. The van der Waals surface area contributed by atoms with Crippen LogP contribution in [-0.2, 0) is 14.4 Å². The molecule has 0 heterocycles. The summed E-state index contributed by atoms with van der Waals surface area (Å²) in [7, 11) is 1.53. The summed E-state index contributed by atoms with van der Waals surface area (Å²) in [6.45, 7) is 0.0337. The molecule has 8 nitrogen and oxygen atoms in total. The first-order valence-electron chi connectivity index (χ1n) is 10.1. The number of carboxylic acid groups (broad SMARTS) is 1. The third-order valence-corrected chi connectivity index (χ3v) is 4.99. The van der Waals surface area contributed by atoms with E-state index in [1.807, 2.05) is 6.07 Å². The zero-order chi connectivity index (χ0) is 22.2. The van der Waals surface area contributed by atoms with Gasteiger partial charge in [0.1, 0.15) is 0 Å². The van der Waals surface area contributed by atoms with Gasteiger partial charge in [-0.3, -0.25) is 9.59 Å². The molecule has 2 amide bonds. The number of methoxy groups -OCH3 is 1. The fraction of sp³-hybridized carbons (Fsp3) is 0.348. The normalized spacial score (nSPS) is 13.7. The maximum absolute atomic E-state index is 12.7. The van der Waals surface area contributed by atoms with Crippen LogP contribution in [0.4, 0.5) is 0 Å². The van der Waals surface area contributed by atoms with E-state index < -0.39 is 17.9 Å². The first-order valence-corrected chi connectivity index (χ1v) is 10.1. The lowest BCUT2D eigenvalue weighted by Gasteiger charge is -2.23. The van der Waals surface area contributed by atoms with Crippen molar-refractivity contribution in [3.63, 3.8) is 0 Å². The number of carboxylic acids is 1. The summed E-state index contributed by atoms with van der Waals surface area (Å²) in [6, 6.07) is 14.5. The Kier molecular flexibility index (Phi) is 7.48. The van der Waals surface area contributed by atoms with Gasteiger partial charge < -0.3 is 24.8 Å². The van der Waals surface area contributed by atoms with Crippen LogP contribution in [-0.4, -0.2) is 54.1 Å². The Hall–Kier alpha value is -3.55. The van der Waals surface area contributed by atoms with E-state index in [0.717, 1.165) is 12.8 Å². The number of benzene rings is 2. The van der Waals surface area contributed by atoms with Crippen molar-refractivity contribution in [1.29, 1.82) is 0 Å². The van der Waals surface area contributed by atoms with Gasteiger partial charge in [-0.25, -0.2) is 4.79 Å². The molecule has 0 aromatic heterocycles. The molecule has 2 aromatic rings. The summed E-state index contributed by atoms with van der Waals surface area (Å²) < 4.78 is 10.8. The van der Waals surface area contributed by atoms with E-state index in [1.165, 1.54) is 7.11 Å². The van der Waals surface area contributed by atoms with Crippen LogP contribution in [0.1, 0.15) is 30.9 Å². The minimum Gasteiger partial charge on any atom is -0.493 e. The highest BCUT2D eigenvalue weighted by Crippen LogP contribution is 2.29. The number of amides is 2. The van der Waals surface area contributed by atoms with Gasteiger partial charge in [0.25, 0.3) is 5.91 Å². The fourth-order valence-electron chi connectivity index (χ4n) is 3.25. The average molecular weight is 426 g/mol.